The van der Waals surface area contributed by atoms with Gasteiger partial charge in [-0.2, -0.15) is 0 Å². The molecule has 46 heavy (non-hydrogen) atoms. The van der Waals surface area contributed by atoms with Crippen molar-refractivity contribution in [2.75, 3.05) is 26.4 Å². The summed E-state index contributed by atoms with van der Waals surface area (Å²) in [5.74, 6) is 4.79. The van der Waals surface area contributed by atoms with Crippen LogP contribution in [0.15, 0.2) is 11.1 Å². The Kier molecular flexibility index (Phi) is 14.6. The molecule has 4 aliphatic carbocycles. The Labute approximate surface area is 285 Å². The lowest BCUT2D eigenvalue weighted by atomic mass is 9.44. The van der Waals surface area contributed by atoms with Crippen molar-refractivity contribution in [2.24, 2.45) is 52.1 Å². The molecular formula is C42H77NO3. The van der Waals surface area contributed by atoms with Gasteiger partial charge in [0.25, 0.3) is 0 Å². The monoisotopic (exact) mass is 644 g/mol. The molecule has 4 heteroatoms. The summed E-state index contributed by atoms with van der Waals surface area (Å²) in [6.45, 7) is 20.5. The second-order valence-electron chi connectivity index (χ2n) is 17.7. The summed E-state index contributed by atoms with van der Waals surface area (Å²) in [4.78, 5) is 0. The number of unbranched alkanes of at least 4 members (excludes halogenated alkanes) is 2. The van der Waals surface area contributed by atoms with E-state index in [9.17, 15) is 5.11 Å². The zero-order chi connectivity index (χ0) is 33.4. The molecule has 0 aromatic carbocycles. The van der Waals surface area contributed by atoms with E-state index in [1.165, 1.54) is 64.2 Å². The minimum Gasteiger partial charge on any atom is -0.393 e. The number of hydrogen-bond acceptors (Lipinski definition) is 4. The smallest absolute Gasteiger partial charge is 0.0578 e. The lowest BCUT2D eigenvalue weighted by Crippen LogP contribution is -2.55. The maximum absolute atomic E-state index is 11.1. The molecule has 0 unspecified atom stereocenters. The fraction of sp³-hybridized carbons (Fsp3) is 0.952. The Morgan fingerprint density at radius 3 is 2.02 bits per heavy atom. The van der Waals surface area contributed by atoms with E-state index >= 15 is 0 Å². The summed E-state index contributed by atoms with van der Waals surface area (Å²) in [6, 6.07) is 0. The van der Waals surface area contributed by atoms with E-state index in [0.717, 1.165) is 120 Å². The minimum atomic E-state index is -0.336. The molecule has 4 rings (SSSR count). The van der Waals surface area contributed by atoms with Gasteiger partial charge in [0.05, 0.1) is 6.10 Å². The second-order valence-corrected chi connectivity index (χ2v) is 17.7. The van der Waals surface area contributed by atoms with Gasteiger partial charge in [-0.1, -0.05) is 91.7 Å². The molecule has 0 aliphatic heterocycles. The number of aliphatic hydroxyl groups excluding tert-OH is 1. The van der Waals surface area contributed by atoms with Gasteiger partial charge in [0.15, 0.2) is 0 Å². The Bertz CT molecular complexity index is 929. The maximum Gasteiger partial charge on any atom is 0.0578 e. The lowest BCUT2D eigenvalue weighted by Gasteiger charge is -2.61. The molecule has 0 heterocycles. The van der Waals surface area contributed by atoms with Crippen molar-refractivity contribution in [3.8, 4) is 0 Å². The molecule has 0 saturated heterocycles. The van der Waals surface area contributed by atoms with Crippen LogP contribution in [0.1, 0.15) is 170 Å². The normalized spacial score (nSPS) is 33.7. The molecular weight excluding hydrogens is 566 g/mol. The fourth-order valence-corrected chi connectivity index (χ4v) is 11.4. The summed E-state index contributed by atoms with van der Waals surface area (Å²) in [7, 11) is 0. The fourth-order valence-electron chi connectivity index (χ4n) is 11.4. The molecule has 0 radical (unpaired) electrons. The zero-order valence-corrected chi connectivity index (χ0v) is 31.6. The predicted octanol–water partition coefficient (Wildman–Crippen LogP) is 10.7. The first-order chi connectivity index (χ1) is 22.0. The molecule has 0 amide bonds. The predicted molar refractivity (Wildman–Crippen MR) is 195 cm³/mol. The van der Waals surface area contributed by atoms with Gasteiger partial charge in [0, 0.05) is 32.0 Å². The second kappa shape index (κ2) is 17.5. The van der Waals surface area contributed by atoms with Crippen LogP contribution in [0.4, 0.5) is 0 Å². The van der Waals surface area contributed by atoms with Gasteiger partial charge in [-0.05, 0) is 136 Å². The standard InChI is InChI=1S/C42H77NO3/c1-8-10-25-45-27-13-21-42(43,22-14-28-46-26-11-9-2)39-30-34-36-18-17-35(32(5)16-12-15-31(3)4)40(36,6)24-20-37(34)41(7)23-19-33(44)29-38(39)41/h31-37,44H,8-30,43H2,1-7H3/t32-,33+,34+,35-,36+,37+,40-,41-/m1/s1. The zero-order valence-electron chi connectivity index (χ0n) is 31.6. The van der Waals surface area contributed by atoms with Crippen LogP contribution in [0.5, 0.6) is 0 Å². The highest BCUT2D eigenvalue weighted by atomic mass is 16.5. The number of rotatable bonds is 20. The highest BCUT2D eigenvalue weighted by Crippen LogP contribution is 2.69. The molecule has 3 fully saturated rings. The van der Waals surface area contributed by atoms with E-state index in [1.54, 1.807) is 11.1 Å². The van der Waals surface area contributed by atoms with Crippen molar-refractivity contribution < 1.29 is 14.6 Å². The van der Waals surface area contributed by atoms with Crippen molar-refractivity contribution in [2.45, 2.75) is 182 Å². The SMILES string of the molecule is CCCCOCCCC(N)(CCCOCCCC)C1=C2C[C@@H](O)CC[C@]2(C)[C@H]2CC[C@]3(C)[C@@H]([C@H](C)CCCC(C)C)CC[C@H]3[C@@H]2C1. The van der Waals surface area contributed by atoms with Crippen LogP contribution in [0.25, 0.3) is 0 Å². The van der Waals surface area contributed by atoms with Gasteiger partial charge in [-0.15, -0.1) is 0 Å². The van der Waals surface area contributed by atoms with Crippen LogP contribution >= 0.6 is 0 Å². The van der Waals surface area contributed by atoms with Gasteiger partial charge in [-0.25, -0.2) is 0 Å². The van der Waals surface area contributed by atoms with Gasteiger partial charge in [-0.3, -0.25) is 0 Å². The van der Waals surface area contributed by atoms with Crippen molar-refractivity contribution in [3.05, 3.63) is 11.1 Å². The van der Waals surface area contributed by atoms with Crippen LogP contribution < -0.4 is 5.73 Å². The molecule has 0 spiro atoms. The molecule has 268 valence electrons. The molecule has 8 atom stereocenters. The summed E-state index contributed by atoms with van der Waals surface area (Å²) < 4.78 is 12.1. The highest BCUT2D eigenvalue weighted by molar-refractivity contribution is 5.37. The summed E-state index contributed by atoms with van der Waals surface area (Å²) in [5, 5.41) is 11.1. The first-order valence-corrected chi connectivity index (χ1v) is 20.4. The third-order valence-corrected chi connectivity index (χ3v) is 14.1. The topological polar surface area (TPSA) is 64.7 Å². The van der Waals surface area contributed by atoms with Crippen LogP contribution in [0.3, 0.4) is 0 Å². The van der Waals surface area contributed by atoms with Crippen molar-refractivity contribution in [1.82, 2.24) is 0 Å². The van der Waals surface area contributed by atoms with Crippen molar-refractivity contribution in [1.29, 1.82) is 0 Å². The molecule has 4 aliphatic rings. The van der Waals surface area contributed by atoms with E-state index in [2.05, 4.69) is 48.5 Å². The van der Waals surface area contributed by atoms with Gasteiger partial charge >= 0.3 is 0 Å². The number of fused-ring (bicyclic) bond motifs is 5. The number of nitrogens with two attached hydrogens (primary N) is 1. The van der Waals surface area contributed by atoms with Crippen LogP contribution in [0, 0.1) is 46.3 Å². The third-order valence-electron chi connectivity index (χ3n) is 14.1. The van der Waals surface area contributed by atoms with Crippen LogP contribution in [-0.4, -0.2) is 43.2 Å². The first-order valence-electron chi connectivity index (χ1n) is 20.4. The van der Waals surface area contributed by atoms with Gasteiger partial charge < -0.3 is 20.3 Å². The van der Waals surface area contributed by atoms with Gasteiger partial charge in [0.1, 0.15) is 0 Å². The average molecular weight is 644 g/mol. The Morgan fingerprint density at radius 2 is 1.41 bits per heavy atom. The Balaban J connectivity index is 1.60. The largest absolute Gasteiger partial charge is 0.393 e. The molecule has 0 aromatic rings. The Hall–Kier alpha value is -0.420. The minimum absolute atomic E-state index is 0.180. The summed E-state index contributed by atoms with van der Waals surface area (Å²) in [5.41, 5.74) is 11.2. The van der Waals surface area contributed by atoms with Gasteiger partial charge in [0.2, 0.25) is 0 Å². The van der Waals surface area contributed by atoms with Crippen molar-refractivity contribution >= 4 is 0 Å². The molecule has 0 bridgehead atoms. The van der Waals surface area contributed by atoms with E-state index in [-0.39, 0.29) is 17.1 Å². The molecule has 3 N–H and O–H groups in total. The van der Waals surface area contributed by atoms with E-state index < -0.39 is 0 Å². The lowest BCUT2D eigenvalue weighted by molar-refractivity contribution is -0.0621. The number of hydrogen-bond donors (Lipinski definition) is 2. The molecule has 3 saturated carbocycles. The van der Waals surface area contributed by atoms with E-state index in [1.807, 2.05) is 0 Å². The van der Waals surface area contributed by atoms with E-state index in [4.69, 9.17) is 15.2 Å². The Morgan fingerprint density at radius 1 is 0.783 bits per heavy atom. The number of ether oxygens (including phenoxy) is 2. The quantitative estimate of drug-likeness (QED) is 0.102. The average Bonchev–Trinajstić information content (AvgIpc) is 3.38. The van der Waals surface area contributed by atoms with Crippen LogP contribution in [-0.2, 0) is 9.47 Å². The molecule has 4 nitrogen and oxygen atoms in total. The highest BCUT2D eigenvalue weighted by Gasteiger charge is 2.61. The summed E-state index contributed by atoms with van der Waals surface area (Å²) in [6.07, 6.45) is 22.2. The first kappa shape index (κ1) is 38.4. The molecule has 0 aromatic heterocycles. The third kappa shape index (κ3) is 8.83. The maximum atomic E-state index is 11.1. The summed E-state index contributed by atoms with van der Waals surface area (Å²) >= 11 is 0. The van der Waals surface area contributed by atoms with Crippen LogP contribution in [0.2, 0.25) is 0 Å². The van der Waals surface area contributed by atoms with Crippen molar-refractivity contribution in [3.63, 3.8) is 0 Å². The number of aliphatic hydroxyl groups is 1. The van der Waals surface area contributed by atoms with E-state index in [0.29, 0.717) is 5.41 Å².